The molecule has 3 amide bonds. The Morgan fingerprint density at radius 3 is 2.63 bits per heavy atom. The van der Waals surface area contributed by atoms with Gasteiger partial charge >= 0.3 is 0 Å². The maximum absolute atomic E-state index is 12.7. The number of anilines is 2. The van der Waals surface area contributed by atoms with E-state index in [4.69, 9.17) is 11.6 Å². The Balaban J connectivity index is 1.67. The summed E-state index contributed by atoms with van der Waals surface area (Å²) in [6.45, 7) is 1.95. The van der Waals surface area contributed by atoms with Gasteiger partial charge in [0.1, 0.15) is 0 Å². The van der Waals surface area contributed by atoms with E-state index in [1.54, 1.807) is 36.4 Å². The van der Waals surface area contributed by atoms with Crippen LogP contribution in [0.2, 0.25) is 5.02 Å². The summed E-state index contributed by atoms with van der Waals surface area (Å²) < 4.78 is 0. The topological polar surface area (TPSA) is 66.5 Å². The number of thioether (sulfide) groups is 1. The van der Waals surface area contributed by atoms with Crippen LogP contribution >= 0.6 is 23.4 Å². The highest BCUT2D eigenvalue weighted by molar-refractivity contribution is 8.00. The average molecular weight is 403 g/mol. The first-order chi connectivity index (χ1) is 13.0. The Kier molecular flexibility index (Phi) is 6.19. The number of nitrogens with one attached hydrogen (secondary N) is 1. The number of rotatable bonds is 6. The standard InChI is InChI=1S/C20H19ClN2O3S/c1-2-4-18(24)22-14-7-9-16(10-8-14)27-17-12-19(25)23(20(17)26)15-6-3-5-13(21)11-15/h3,5-11,17H,2,4,12H2,1H3,(H,22,24). The lowest BCUT2D eigenvalue weighted by molar-refractivity contribution is -0.121. The van der Waals surface area contributed by atoms with E-state index in [0.29, 0.717) is 22.8 Å². The highest BCUT2D eigenvalue weighted by Gasteiger charge is 2.40. The van der Waals surface area contributed by atoms with Gasteiger partial charge in [0.2, 0.25) is 17.7 Å². The molecule has 1 aliphatic heterocycles. The first-order valence-electron chi connectivity index (χ1n) is 8.67. The highest BCUT2D eigenvalue weighted by Crippen LogP contribution is 2.35. The van der Waals surface area contributed by atoms with Gasteiger partial charge in [0.15, 0.2) is 0 Å². The van der Waals surface area contributed by atoms with Crippen LogP contribution in [-0.4, -0.2) is 23.0 Å². The second kappa shape index (κ2) is 8.59. The van der Waals surface area contributed by atoms with Crippen molar-refractivity contribution in [2.75, 3.05) is 10.2 Å². The molecule has 1 atom stereocenters. The van der Waals surface area contributed by atoms with Crippen LogP contribution in [0, 0.1) is 0 Å². The number of nitrogens with zero attached hydrogens (tertiary/aromatic N) is 1. The third kappa shape index (κ3) is 4.70. The molecule has 0 aliphatic carbocycles. The molecule has 1 fully saturated rings. The minimum atomic E-state index is -0.475. The molecule has 27 heavy (non-hydrogen) atoms. The summed E-state index contributed by atoms with van der Waals surface area (Å²) in [4.78, 5) is 38.7. The van der Waals surface area contributed by atoms with Gasteiger partial charge in [-0.2, -0.15) is 0 Å². The molecule has 0 bridgehead atoms. The Hall–Kier alpha value is -2.31. The van der Waals surface area contributed by atoms with E-state index in [-0.39, 0.29) is 24.1 Å². The summed E-state index contributed by atoms with van der Waals surface area (Å²) >= 11 is 7.32. The Labute approximate surface area is 167 Å². The third-order valence-corrected chi connectivity index (χ3v) is 5.50. The zero-order chi connectivity index (χ0) is 19.4. The van der Waals surface area contributed by atoms with E-state index in [1.165, 1.54) is 16.7 Å². The van der Waals surface area contributed by atoms with Crippen LogP contribution in [0.15, 0.2) is 53.4 Å². The molecule has 2 aromatic rings. The highest BCUT2D eigenvalue weighted by atomic mass is 35.5. The quantitative estimate of drug-likeness (QED) is 0.722. The number of carbonyl (C=O) groups excluding carboxylic acids is 3. The van der Waals surface area contributed by atoms with Crippen molar-refractivity contribution in [3.63, 3.8) is 0 Å². The normalized spacial score (nSPS) is 16.7. The van der Waals surface area contributed by atoms with E-state index in [0.717, 1.165) is 11.3 Å². The smallest absolute Gasteiger partial charge is 0.247 e. The van der Waals surface area contributed by atoms with Gasteiger partial charge in [0.25, 0.3) is 0 Å². The van der Waals surface area contributed by atoms with Gasteiger partial charge in [0, 0.05) is 28.4 Å². The second-order valence-corrected chi connectivity index (χ2v) is 7.89. The van der Waals surface area contributed by atoms with Crippen LogP contribution in [-0.2, 0) is 14.4 Å². The van der Waals surface area contributed by atoms with Crippen molar-refractivity contribution >= 4 is 52.5 Å². The molecule has 1 unspecified atom stereocenters. The van der Waals surface area contributed by atoms with Gasteiger partial charge in [-0.05, 0) is 48.9 Å². The molecule has 0 aromatic heterocycles. The summed E-state index contributed by atoms with van der Waals surface area (Å²) in [5.74, 6) is -0.498. The zero-order valence-corrected chi connectivity index (χ0v) is 16.3. The van der Waals surface area contributed by atoms with Gasteiger partial charge in [-0.15, -0.1) is 11.8 Å². The third-order valence-electron chi connectivity index (χ3n) is 4.07. The van der Waals surface area contributed by atoms with Gasteiger partial charge in [-0.3, -0.25) is 14.4 Å². The first-order valence-corrected chi connectivity index (χ1v) is 9.92. The summed E-state index contributed by atoms with van der Waals surface area (Å²) in [6.07, 6.45) is 1.42. The Morgan fingerprint density at radius 2 is 1.96 bits per heavy atom. The Bertz CT molecular complexity index is 870. The van der Waals surface area contributed by atoms with Crippen molar-refractivity contribution in [3.8, 4) is 0 Å². The molecule has 1 saturated heterocycles. The van der Waals surface area contributed by atoms with E-state index in [2.05, 4.69) is 5.32 Å². The number of benzene rings is 2. The molecule has 1 aliphatic rings. The molecular weight excluding hydrogens is 384 g/mol. The maximum Gasteiger partial charge on any atom is 0.247 e. The largest absolute Gasteiger partial charge is 0.326 e. The lowest BCUT2D eigenvalue weighted by Crippen LogP contribution is -2.31. The van der Waals surface area contributed by atoms with Crippen molar-refractivity contribution in [2.45, 2.75) is 36.3 Å². The molecule has 5 nitrogen and oxygen atoms in total. The van der Waals surface area contributed by atoms with Crippen molar-refractivity contribution in [1.82, 2.24) is 0 Å². The molecule has 3 rings (SSSR count). The molecular formula is C20H19ClN2O3S. The summed E-state index contributed by atoms with van der Waals surface area (Å²) in [6, 6.07) is 14.0. The van der Waals surface area contributed by atoms with Crippen LogP contribution in [0.25, 0.3) is 0 Å². The van der Waals surface area contributed by atoms with Crippen LogP contribution in [0.5, 0.6) is 0 Å². The number of amides is 3. The predicted molar refractivity (Wildman–Crippen MR) is 108 cm³/mol. The number of hydrogen-bond donors (Lipinski definition) is 1. The lowest BCUT2D eigenvalue weighted by atomic mass is 10.3. The number of imide groups is 1. The molecule has 2 aromatic carbocycles. The minimum absolute atomic E-state index is 0.0216. The number of hydrogen-bond acceptors (Lipinski definition) is 4. The van der Waals surface area contributed by atoms with Crippen LogP contribution in [0.3, 0.4) is 0 Å². The number of halogens is 1. The van der Waals surface area contributed by atoms with Gasteiger partial charge in [-0.1, -0.05) is 24.6 Å². The minimum Gasteiger partial charge on any atom is -0.326 e. The van der Waals surface area contributed by atoms with Crippen LogP contribution in [0.4, 0.5) is 11.4 Å². The number of carbonyl (C=O) groups is 3. The fourth-order valence-corrected chi connectivity index (χ4v) is 4.05. The van der Waals surface area contributed by atoms with Gasteiger partial charge < -0.3 is 5.32 Å². The van der Waals surface area contributed by atoms with Crippen molar-refractivity contribution < 1.29 is 14.4 Å². The fraction of sp³-hybridized carbons (Fsp3) is 0.250. The molecule has 0 saturated carbocycles. The Morgan fingerprint density at radius 1 is 1.22 bits per heavy atom. The molecule has 140 valence electrons. The molecule has 0 radical (unpaired) electrons. The van der Waals surface area contributed by atoms with Crippen molar-refractivity contribution in [3.05, 3.63) is 53.6 Å². The fourth-order valence-electron chi connectivity index (χ4n) is 2.81. The lowest BCUT2D eigenvalue weighted by Gasteiger charge is -2.15. The van der Waals surface area contributed by atoms with E-state index in [9.17, 15) is 14.4 Å². The average Bonchev–Trinajstić information content (AvgIpc) is 2.90. The maximum atomic E-state index is 12.7. The van der Waals surface area contributed by atoms with Gasteiger partial charge in [0.05, 0.1) is 10.9 Å². The SMILES string of the molecule is CCCC(=O)Nc1ccc(SC2CC(=O)N(c3cccc(Cl)c3)C2=O)cc1. The van der Waals surface area contributed by atoms with Gasteiger partial charge in [-0.25, -0.2) is 4.90 Å². The van der Waals surface area contributed by atoms with E-state index in [1.807, 2.05) is 19.1 Å². The van der Waals surface area contributed by atoms with Crippen molar-refractivity contribution in [2.24, 2.45) is 0 Å². The van der Waals surface area contributed by atoms with Crippen LogP contribution < -0.4 is 10.2 Å². The second-order valence-electron chi connectivity index (χ2n) is 6.18. The van der Waals surface area contributed by atoms with Crippen molar-refractivity contribution in [1.29, 1.82) is 0 Å². The molecule has 0 spiro atoms. The first kappa shape index (κ1) is 19.5. The monoisotopic (exact) mass is 402 g/mol. The molecule has 7 heteroatoms. The van der Waals surface area contributed by atoms with E-state index < -0.39 is 5.25 Å². The predicted octanol–water partition coefficient (Wildman–Crippen LogP) is 4.50. The summed E-state index contributed by atoms with van der Waals surface area (Å²) in [5.41, 5.74) is 1.21. The zero-order valence-electron chi connectivity index (χ0n) is 14.8. The molecule has 1 N–H and O–H groups in total. The van der Waals surface area contributed by atoms with E-state index >= 15 is 0 Å². The summed E-state index contributed by atoms with van der Waals surface area (Å²) in [5, 5.41) is 2.83. The summed E-state index contributed by atoms with van der Waals surface area (Å²) in [7, 11) is 0. The van der Waals surface area contributed by atoms with Crippen LogP contribution in [0.1, 0.15) is 26.2 Å². The molecule has 1 heterocycles.